The minimum absolute atomic E-state index is 0.0357. The van der Waals surface area contributed by atoms with E-state index in [1.807, 2.05) is 13.8 Å². The molecule has 0 aliphatic carbocycles. The molecule has 108 valence electrons. The minimum Gasteiger partial charge on any atom is -0.408 e. The number of aliphatic hydroxyl groups excluding tert-OH is 1. The lowest BCUT2D eigenvalue weighted by atomic mass is 10.2. The predicted molar refractivity (Wildman–Crippen MR) is 74.3 cm³/mol. The minimum atomic E-state index is -0.560. The van der Waals surface area contributed by atoms with Crippen LogP contribution in [0, 0.1) is 0 Å². The maximum Gasteiger partial charge on any atom is 0.420 e. The molecule has 0 saturated carbocycles. The van der Waals surface area contributed by atoms with Crippen molar-refractivity contribution in [1.82, 2.24) is 9.47 Å². The van der Waals surface area contributed by atoms with Gasteiger partial charge in [-0.15, -0.1) is 0 Å². The van der Waals surface area contributed by atoms with Crippen LogP contribution in [0.25, 0.3) is 11.1 Å². The summed E-state index contributed by atoms with van der Waals surface area (Å²) in [7, 11) is 0. The Labute approximate surface area is 116 Å². The van der Waals surface area contributed by atoms with Crippen LogP contribution in [0.3, 0.4) is 0 Å². The summed E-state index contributed by atoms with van der Waals surface area (Å²) in [5, 5.41) is 9.07. The van der Waals surface area contributed by atoms with Gasteiger partial charge in [0.15, 0.2) is 5.58 Å². The van der Waals surface area contributed by atoms with Crippen molar-refractivity contribution in [3.05, 3.63) is 34.3 Å². The van der Waals surface area contributed by atoms with Gasteiger partial charge in [-0.3, -0.25) is 9.36 Å². The second kappa shape index (κ2) is 5.92. The van der Waals surface area contributed by atoms with Gasteiger partial charge < -0.3 is 14.4 Å². The number of hydrogen-bond acceptors (Lipinski definition) is 4. The number of aromatic nitrogens is 1. The molecule has 0 saturated heterocycles. The number of hydrogen-bond donors (Lipinski definition) is 1. The summed E-state index contributed by atoms with van der Waals surface area (Å²) in [6.45, 7) is 4.84. The quantitative estimate of drug-likeness (QED) is 0.883. The van der Waals surface area contributed by atoms with Gasteiger partial charge >= 0.3 is 5.76 Å². The average Bonchev–Trinajstić information content (AvgIpc) is 2.75. The highest BCUT2D eigenvalue weighted by molar-refractivity contribution is 5.79. The van der Waals surface area contributed by atoms with Crippen LogP contribution >= 0.6 is 0 Å². The van der Waals surface area contributed by atoms with Gasteiger partial charge in [-0.2, -0.15) is 0 Å². The molecule has 0 spiro atoms. The van der Waals surface area contributed by atoms with E-state index < -0.39 is 5.76 Å². The molecule has 0 radical (unpaired) electrons. The Kier molecular flexibility index (Phi) is 4.24. The molecular formula is C14H18N2O4. The first-order valence-electron chi connectivity index (χ1n) is 6.61. The van der Waals surface area contributed by atoms with Gasteiger partial charge in [-0.1, -0.05) is 6.07 Å². The Morgan fingerprint density at radius 1 is 1.35 bits per heavy atom. The van der Waals surface area contributed by atoms with Gasteiger partial charge in [-0.05, 0) is 31.5 Å². The van der Waals surface area contributed by atoms with Crippen LogP contribution in [-0.4, -0.2) is 33.6 Å². The van der Waals surface area contributed by atoms with Gasteiger partial charge in [0.2, 0.25) is 5.91 Å². The third-order valence-electron chi connectivity index (χ3n) is 3.32. The van der Waals surface area contributed by atoms with E-state index in [1.165, 1.54) is 4.57 Å². The first-order valence-corrected chi connectivity index (χ1v) is 6.61. The molecule has 0 unspecified atom stereocenters. The molecule has 1 heterocycles. The lowest BCUT2D eigenvalue weighted by molar-refractivity contribution is -0.131. The number of benzene rings is 1. The predicted octanol–water partition coefficient (Wildman–Crippen LogP) is 0.955. The Hall–Kier alpha value is -2.08. The van der Waals surface area contributed by atoms with E-state index in [1.54, 1.807) is 23.1 Å². The molecule has 20 heavy (non-hydrogen) atoms. The molecule has 1 amide bonds. The summed E-state index contributed by atoms with van der Waals surface area (Å²) in [5.74, 6) is -0.679. The van der Waals surface area contributed by atoms with E-state index in [4.69, 9.17) is 9.52 Å². The molecule has 1 aromatic heterocycles. The molecule has 1 N–H and O–H groups in total. The van der Waals surface area contributed by atoms with E-state index in [0.717, 1.165) is 0 Å². The maximum absolute atomic E-state index is 12.1. The monoisotopic (exact) mass is 278 g/mol. The SMILES string of the molecule is CCN(CC)C(=O)Cn1c(=O)oc2cc(CO)ccc21. The summed E-state index contributed by atoms with van der Waals surface area (Å²) in [5.41, 5.74) is 1.61. The molecule has 0 bridgehead atoms. The zero-order valence-electron chi connectivity index (χ0n) is 11.6. The van der Waals surface area contributed by atoms with Crippen molar-refractivity contribution in [1.29, 1.82) is 0 Å². The Bertz CT molecular complexity index is 667. The third kappa shape index (κ3) is 2.60. The zero-order valence-corrected chi connectivity index (χ0v) is 11.6. The first-order chi connectivity index (χ1) is 9.60. The normalized spacial score (nSPS) is 10.9. The van der Waals surface area contributed by atoms with Crippen molar-refractivity contribution in [2.24, 2.45) is 0 Å². The molecular weight excluding hydrogens is 260 g/mol. The third-order valence-corrected chi connectivity index (χ3v) is 3.32. The van der Waals surface area contributed by atoms with Gasteiger partial charge in [0.1, 0.15) is 6.54 Å². The number of aliphatic hydroxyl groups is 1. The van der Waals surface area contributed by atoms with E-state index in [2.05, 4.69) is 0 Å². The van der Waals surface area contributed by atoms with Gasteiger partial charge in [0.25, 0.3) is 0 Å². The van der Waals surface area contributed by atoms with Crippen molar-refractivity contribution < 1.29 is 14.3 Å². The van der Waals surface area contributed by atoms with Crippen molar-refractivity contribution in [2.45, 2.75) is 27.0 Å². The highest BCUT2D eigenvalue weighted by atomic mass is 16.4. The topological polar surface area (TPSA) is 75.7 Å². The second-order valence-electron chi connectivity index (χ2n) is 4.48. The van der Waals surface area contributed by atoms with Crippen LogP contribution in [0.1, 0.15) is 19.4 Å². The van der Waals surface area contributed by atoms with Crippen molar-refractivity contribution in [2.75, 3.05) is 13.1 Å². The van der Waals surface area contributed by atoms with Crippen LogP contribution in [0.5, 0.6) is 0 Å². The van der Waals surface area contributed by atoms with Crippen molar-refractivity contribution >= 4 is 17.0 Å². The number of amides is 1. The Morgan fingerprint density at radius 3 is 2.65 bits per heavy atom. The maximum atomic E-state index is 12.1. The van der Waals surface area contributed by atoms with Gasteiger partial charge in [0, 0.05) is 13.1 Å². The van der Waals surface area contributed by atoms with Crippen molar-refractivity contribution in [3.63, 3.8) is 0 Å². The number of carbonyl (C=O) groups is 1. The highest BCUT2D eigenvalue weighted by Gasteiger charge is 2.16. The van der Waals surface area contributed by atoms with E-state index >= 15 is 0 Å². The molecule has 0 fully saturated rings. The number of rotatable bonds is 5. The molecule has 6 nitrogen and oxygen atoms in total. The standard InChI is InChI=1S/C14H18N2O4/c1-3-15(4-2)13(18)8-16-11-6-5-10(9-17)7-12(11)20-14(16)19/h5-7,17H,3-4,8-9H2,1-2H3. The summed E-state index contributed by atoms with van der Waals surface area (Å²) in [6, 6.07) is 4.99. The fourth-order valence-corrected chi connectivity index (χ4v) is 2.17. The average molecular weight is 278 g/mol. The summed E-state index contributed by atoms with van der Waals surface area (Å²) < 4.78 is 6.43. The van der Waals surface area contributed by atoms with Crippen LogP contribution in [0.15, 0.2) is 27.4 Å². The van der Waals surface area contributed by atoms with E-state index in [0.29, 0.717) is 29.8 Å². The molecule has 1 aromatic carbocycles. The number of nitrogens with zero attached hydrogens (tertiary/aromatic N) is 2. The Balaban J connectivity index is 2.37. The highest BCUT2D eigenvalue weighted by Crippen LogP contribution is 2.15. The molecule has 6 heteroatoms. The molecule has 0 atom stereocenters. The fraction of sp³-hybridized carbons (Fsp3) is 0.429. The number of fused-ring (bicyclic) bond motifs is 1. The zero-order chi connectivity index (χ0) is 14.7. The van der Waals surface area contributed by atoms with Gasteiger partial charge in [0.05, 0.1) is 12.1 Å². The lowest BCUT2D eigenvalue weighted by Gasteiger charge is -2.18. The molecule has 0 aliphatic rings. The summed E-state index contributed by atoms with van der Waals surface area (Å²) >= 11 is 0. The van der Waals surface area contributed by atoms with Crippen LogP contribution in [0.4, 0.5) is 0 Å². The molecule has 2 aromatic rings. The van der Waals surface area contributed by atoms with Gasteiger partial charge in [-0.25, -0.2) is 4.79 Å². The summed E-state index contributed by atoms with van der Waals surface area (Å²) in [4.78, 5) is 25.6. The number of oxazole rings is 1. The van der Waals surface area contributed by atoms with Crippen molar-refractivity contribution in [3.8, 4) is 0 Å². The van der Waals surface area contributed by atoms with Crippen LogP contribution < -0.4 is 5.76 Å². The smallest absolute Gasteiger partial charge is 0.408 e. The number of carbonyl (C=O) groups excluding carboxylic acids is 1. The van der Waals surface area contributed by atoms with Crippen LogP contribution in [0.2, 0.25) is 0 Å². The van der Waals surface area contributed by atoms with E-state index in [9.17, 15) is 9.59 Å². The van der Waals surface area contributed by atoms with E-state index in [-0.39, 0.29) is 19.1 Å². The lowest BCUT2D eigenvalue weighted by Crippen LogP contribution is -2.35. The molecule has 0 aliphatic heterocycles. The number of likely N-dealkylation sites (N-methyl/N-ethyl adjacent to an activating group) is 1. The first kappa shape index (κ1) is 14.3. The second-order valence-corrected chi connectivity index (χ2v) is 4.48. The Morgan fingerprint density at radius 2 is 2.05 bits per heavy atom. The fourth-order valence-electron chi connectivity index (χ4n) is 2.17. The molecule has 2 rings (SSSR count). The van der Waals surface area contributed by atoms with Crippen LogP contribution in [-0.2, 0) is 17.9 Å². The largest absolute Gasteiger partial charge is 0.420 e. The summed E-state index contributed by atoms with van der Waals surface area (Å²) in [6.07, 6.45) is 0.